The largest absolute Gasteiger partial charge is 0.389 e. The van der Waals surface area contributed by atoms with Crippen LogP contribution in [-0.2, 0) is 6.54 Å². The van der Waals surface area contributed by atoms with E-state index in [0.717, 1.165) is 32.5 Å². The Labute approximate surface area is 151 Å². The third-order valence-corrected chi connectivity index (χ3v) is 4.76. The van der Waals surface area contributed by atoms with Crippen LogP contribution in [0.1, 0.15) is 24.0 Å². The average Bonchev–Trinajstić information content (AvgIpc) is 2.61. The fourth-order valence-corrected chi connectivity index (χ4v) is 3.31. The van der Waals surface area contributed by atoms with Crippen molar-refractivity contribution >= 4 is 22.9 Å². The molecule has 1 heterocycles. The molecule has 132 valence electrons. The molecule has 3 N–H and O–H groups in total. The lowest BCUT2D eigenvalue weighted by Crippen LogP contribution is -2.38. The summed E-state index contributed by atoms with van der Waals surface area (Å²) in [7, 11) is 0. The third kappa shape index (κ3) is 4.32. The van der Waals surface area contributed by atoms with E-state index >= 15 is 0 Å². The van der Waals surface area contributed by atoms with E-state index in [1.165, 1.54) is 17.7 Å². The molecule has 2 aromatic rings. The van der Waals surface area contributed by atoms with Gasteiger partial charge in [-0.1, -0.05) is 42.5 Å². The van der Waals surface area contributed by atoms with Crippen LogP contribution in [0.5, 0.6) is 0 Å². The van der Waals surface area contributed by atoms with Crippen molar-refractivity contribution in [2.75, 3.05) is 18.4 Å². The number of hydrogen-bond donors (Lipinski definition) is 2. The van der Waals surface area contributed by atoms with Crippen molar-refractivity contribution in [1.82, 2.24) is 4.90 Å². The number of anilines is 1. The Morgan fingerprint density at radius 2 is 1.76 bits per heavy atom. The molecule has 0 unspecified atom stereocenters. The molecule has 25 heavy (non-hydrogen) atoms. The molecular weight excluding hydrogens is 340 g/mol. The SMILES string of the molecule is NC(=S)c1ccc(NC2CCN(Cc3ccccc3)CC2)c(F)c1F. The zero-order valence-corrected chi connectivity index (χ0v) is 14.7. The lowest BCUT2D eigenvalue weighted by Gasteiger charge is -2.33. The topological polar surface area (TPSA) is 41.3 Å². The number of piperidine rings is 1. The Bertz CT molecular complexity index is 744. The second-order valence-electron chi connectivity index (χ2n) is 6.33. The van der Waals surface area contributed by atoms with Gasteiger partial charge in [-0.2, -0.15) is 0 Å². The van der Waals surface area contributed by atoms with Crippen LogP contribution in [0.2, 0.25) is 0 Å². The number of nitrogens with zero attached hydrogens (tertiary/aromatic N) is 1. The van der Waals surface area contributed by atoms with E-state index in [2.05, 4.69) is 22.3 Å². The molecule has 0 aromatic heterocycles. The molecule has 6 heteroatoms. The lowest BCUT2D eigenvalue weighted by molar-refractivity contribution is 0.211. The van der Waals surface area contributed by atoms with Gasteiger partial charge < -0.3 is 11.1 Å². The van der Waals surface area contributed by atoms with Gasteiger partial charge >= 0.3 is 0 Å². The first kappa shape index (κ1) is 17.8. The Hall–Kier alpha value is -2.05. The molecule has 2 aromatic carbocycles. The van der Waals surface area contributed by atoms with Crippen LogP contribution in [0.25, 0.3) is 0 Å². The van der Waals surface area contributed by atoms with Crippen molar-refractivity contribution < 1.29 is 8.78 Å². The Balaban J connectivity index is 1.57. The summed E-state index contributed by atoms with van der Waals surface area (Å²) >= 11 is 4.73. The van der Waals surface area contributed by atoms with Gasteiger partial charge in [0.05, 0.1) is 5.69 Å². The highest BCUT2D eigenvalue weighted by molar-refractivity contribution is 7.80. The van der Waals surface area contributed by atoms with Crippen molar-refractivity contribution in [3.63, 3.8) is 0 Å². The Morgan fingerprint density at radius 1 is 1.08 bits per heavy atom. The molecule has 0 atom stereocenters. The van der Waals surface area contributed by atoms with Crippen LogP contribution in [0.4, 0.5) is 14.5 Å². The van der Waals surface area contributed by atoms with Crippen LogP contribution in [0.3, 0.4) is 0 Å². The summed E-state index contributed by atoms with van der Waals surface area (Å²) in [6.45, 7) is 2.75. The molecule has 0 radical (unpaired) electrons. The molecule has 0 aliphatic carbocycles. The number of thiocarbonyl (C=S) groups is 1. The van der Waals surface area contributed by atoms with Crippen molar-refractivity contribution in [3.05, 3.63) is 65.2 Å². The maximum Gasteiger partial charge on any atom is 0.182 e. The van der Waals surface area contributed by atoms with E-state index in [1.54, 1.807) is 0 Å². The Kier molecular flexibility index (Phi) is 5.60. The van der Waals surface area contributed by atoms with Crippen molar-refractivity contribution in [1.29, 1.82) is 0 Å². The van der Waals surface area contributed by atoms with Crippen LogP contribution >= 0.6 is 12.2 Å². The highest BCUT2D eigenvalue weighted by Gasteiger charge is 2.22. The molecule has 1 aliphatic heterocycles. The maximum absolute atomic E-state index is 14.2. The first-order chi connectivity index (χ1) is 12.0. The van der Waals surface area contributed by atoms with Crippen LogP contribution in [0.15, 0.2) is 42.5 Å². The quantitative estimate of drug-likeness (QED) is 0.798. The third-order valence-electron chi connectivity index (χ3n) is 4.54. The van der Waals surface area contributed by atoms with E-state index < -0.39 is 11.6 Å². The van der Waals surface area contributed by atoms with E-state index in [1.807, 2.05) is 18.2 Å². The Morgan fingerprint density at radius 3 is 2.40 bits per heavy atom. The number of nitrogens with one attached hydrogen (secondary N) is 1. The molecule has 0 amide bonds. The predicted octanol–water partition coefficient (Wildman–Crippen LogP) is 3.68. The molecule has 1 saturated heterocycles. The van der Waals surface area contributed by atoms with Crippen LogP contribution in [0, 0.1) is 11.6 Å². The normalized spacial score (nSPS) is 15.9. The summed E-state index contributed by atoms with van der Waals surface area (Å²) in [6.07, 6.45) is 1.76. The van der Waals surface area contributed by atoms with Gasteiger partial charge in [0.1, 0.15) is 4.99 Å². The van der Waals surface area contributed by atoms with Gasteiger partial charge in [-0.25, -0.2) is 8.78 Å². The van der Waals surface area contributed by atoms with Gasteiger partial charge in [-0.3, -0.25) is 4.90 Å². The number of hydrogen-bond acceptors (Lipinski definition) is 3. The van der Waals surface area contributed by atoms with Gasteiger partial charge in [-0.15, -0.1) is 0 Å². The fourth-order valence-electron chi connectivity index (χ4n) is 3.15. The second-order valence-corrected chi connectivity index (χ2v) is 6.77. The van der Waals surface area contributed by atoms with Crippen LogP contribution < -0.4 is 11.1 Å². The van der Waals surface area contributed by atoms with E-state index in [-0.39, 0.29) is 22.3 Å². The van der Waals surface area contributed by atoms with Gasteiger partial charge in [0.15, 0.2) is 11.6 Å². The summed E-state index contributed by atoms with van der Waals surface area (Å²) in [5.41, 5.74) is 6.79. The van der Waals surface area contributed by atoms with Crippen molar-refractivity contribution in [3.8, 4) is 0 Å². The smallest absolute Gasteiger partial charge is 0.182 e. The minimum Gasteiger partial charge on any atom is -0.389 e. The summed E-state index contributed by atoms with van der Waals surface area (Å²) in [5.74, 6) is -1.91. The number of nitrogens with two attached hydrogens (primary N) is 1. The van der Waals surface area contributed by atoms with Gasteiger partial charge in [-0.05, 0) is 30.5 Å². The monoisotopic (exact) mass is 361 g/mol. The predicted molar refractivity (Wildman–Crippen MR) is 101 cm³/mol. The van der Waals surface area contributed by atoms with Crippen molar-refractivity contribution in [2.24, 2.45) is 5.73 Å². The first-order valence-corrected chi connectivity index (χ1v) is 8.76. The average molecular weight is 361 g/mol. The molecule has 3 nitrogen and oxygen atoms in total. The van der Waals surface area contributed by atoms with E-state index in [0.29, 0.717) is 0 Å². The maximum atomic E-state index is 14.2. The summed E-state index contributed by atoms with van der Waals surface area (Å²) in [6, 6.07) is 13.4. The molecule has 1 aliphatic rings. The minimum atomic E-state index is -0.987. The summed E-state index contributed by atoms with van der Waals surface area (Å²) < 4.78 is 28.2. The molecule has 0 spiro atoms. The van der Waals surface area contributed by atoms with Gasteiger partial charge in [0, 0.05) is 31.2 Å². The molecule has 0 saturated carbocycles. The van der Waals surface area contributed by atoms with Gasteiger partial charge in [0.2, 0.25) is 0 Å². The number of likely N-dealkylation sites (tertiary alicyclic amines) is 1. The lowest BCUT2D eigenvalue weighted by atomic mass is 10.0. The standard InChI is InChI=1S/C19H21F2N3S/c20-17-15(19(22)25)6-7-16(18(17)21)23-14-8-10-24(11-9-14)12-13-4-2-1-3-5-13/h1-7,14,23H,8-12H2,(H2,22,25). The van der Waals surface area contributed by atoms with Crippen molar-refractivity contribution in [2.45, 2.75) is 25.4 Å². The minimum absolute atomic E-state index is 0.0595. The van der Waals surface area contributed by atoms with E-state index in [9.17, 15) is 8.78 Å². The molecule has 3 rings (SSSR count). The first-order valence-electron chi connectivity index (χ1n) is 8.35. The summed E-state index contributed by atoms with van der Waals surface area (Å²) in [4.78, 5) is 2.23. The van der Waals surface area contributed by atoms with E-state index in [4.69, 9.17) is 18.0 Å². The molecule has 0 bridgehead atoms. The number of rotatable bonds is 5. The van der Waals surface area contributed by atoms with Gasteiger partial charge in [0.25, 0.3) is 0 Å². The highest BCUT2D eigenvalue weighted by atomic mass is 32.1. The number of halogens is 2. The summed E-state index contributed by atoms with van der Waals surface area (Å²) in [5, 5.41) is 3.11. The zero-order chi connectivity index (χ0) is 17.8. The fraction of sp³-hybridized carbons (Fsp3) is 0.316. The molecular formula is C19H21F2N3S. The van der Waals surface area contributed by atoms with Crippen LogP contribution in [-0.4, -0.2) is 29.0 Å². The molecule has 1 fully saturated rings. The zero-order valence-electron chi connectivity index (χ0n) is 13.8. The number of benzene rings is 2. The highest BCUT2D eigenvalue weighted by Crippen LogP contribution is 2.24. The second kappa shape index (κ2) is 7.89.